The molecule has 0 saturated heterocycles. The quantitative estimate of drug-likeness (QED) is 0.536. The van der Waals surface area contributed by atoms with Crippen molar-refractivity contribution in [3.05, 3.63) is 77.9 Å². The molecule has 1 unspecified atom stereocenters. The molecule has 0 amide bonds. The van der Waals surface area contributed by atoms with Crippen LogP contribution in [-0.4, -0.2) is 26.5 Å². The molecule has 0 radical (unpaired) electrons. The summed E-state index contributed by atoms with van der Waals surface area (Å²) in [4.78, 5) is 3.36. The highest BCUT2D eigenvalue weighted by molar-refractivity contribution is 7.92. The Balaban J connectivity index is 1.65. The maximum absolute atomic E-state index is 11.9. The third-order valence-corrected chi connectivity index (χ3v) is 6.88. The third-order valence-electron chi connectivity index (χ3n) is 6.29. The van der Waals surface area contributed by atoms with E-state index in [0.29, 0.717) is 11.6 Å². The van der Waals surface area contributed by atoms with Gasteiger partial charge >= 0.3 is 0 Å². The van der Waals surface area contributed by atoms with Crippen LogP contribution in [0.1, 0.15) is 30.4 Å². The van der Waals surface area contributed by atoms with Gasteiger partial charge in [0, 0.05) is 23.4 Å². The Morgan fingerprint density at radius 1 is 1.10 bits per heavy atom. The molecular formula is C24H26N2O4S. The summed E-state index contributed by atoms with van der Waals surface area (Å²) < 4.78 is 37.5. The minimum absolute atomic E-state index is 0.178. The van der Waals surface area contributed by atoms with E-state index in [0.717, 1.165) is 42.3 Å². The fourth-order valence-corrected chi connectivity index (χ4v) is 5.45. The smallest absolute Gasteiger partial charge is 0.229 e. The number of anilines is 1. The lowest BCUT2D eigenvalue weighted by Gasteiger charge is -2.35. The number of ether oxygens (including phenoxy) is 2. The van der Waals surface area contributed by atoms with Crippen molar-refractivity contribution in [2.24, 2.45) is 5.92 Å². The van der Waals surface area contributed by atoms with E-state index in [4.69, 9.17) is 9.47 Å². The van der Waals surface area contributed by atoms with Crippen molar-refractivity contribution in [3.63, 3.8) is 0 Å². The van der Waals surface area contributed by atoms with E-state index in [1.54, 1.807) is 12.3 Å². The molecule has 2 aromatic carbocycles. The minimum Gasteiger partial charge on any atom is -0.462 e. The second kappa shape index (κ2) is 7.64. The van der Waals surface area contributed by atoms with Crippen molar-refractivity contribution in [1.82, 2.24) is 4.98 Å². The molecule has 1 aliphatic heterocycles. The van der Waals surface area contributed by atoms with Crippen molar-refractivity contribution in [1.29, 1.82) is 0 Å². The zero-order valence-electron chi connectivity index (χ0n) is 17.4. The molecule has 31 heavy (non-hydrogen) atoms. The SMILES string of the molecule is CS(=O)(=O)Nc1cccc2c(C(CC3=COCO3)(Cc3ccccc3)C3CC3)c[nH]c12. The number of aromatic amines is 1. The predicted octanol–water partition coefficient (Wildman–Crippen LogP) is 4.67. The summed E-state index contributed by atoms with van der Waals surface area (Å²) in [7, 11) is -3.38. The molecule has 7 heteroatoms. The summed E-state index contributed by atoms with van der Waals surface area (Å²) in [6.45, 7) is 0.262. The second-order valence-electron chi connectivity index (χ2n) is 8.59. The number of nitrogens with one attached hydrogen (secondary N) is 2. The number of aromatic nitrogens is 1. The summed E-state index contributed by atoms with van der Waals surface area (Å²) >= 11 is 0. The monoisotopic (exact) mass is 438 g/mol. The van der Waals surface area contributed by atoms with Crippen molar-refractivity contribution in [2.75, 3.05) is 17.8 Å². The number of sulfonamides is 1. The lowest BCUT2D eigenvalue weighted by atomic mass is 9.69. The number of benzene rings is 2. The average molecular weight is 439 g/mol. The topological polar surface area (TPSA) is 80.4 Å². The van der Waals surface area contributed by atoms with E-state index in [2.05, 4.69) is 46.2 Å². The largest absolute Gasteiger partial charge is 0.462 e. The fraction of sp³-hybridized carbons (Fsp3) is 0.333. The van der Waals surface area contributed by atoms with Crippen molar-refractivity contribution in [3.8, 4) is 0 Å². The molecule has 1 aromatic heterocycles. The van der Waals surface area contributed by atoms with Gasteiger partial charge in [-0.3, -0.25) is 4.72 Å². The first kappa shape index (κ1) is 20.0. The molecule has 0 bridgehead atoms. The van der Waals surface area contributed by atoms with Crippen molar-refractivity contribution in [2.45, 2.75) is 31.1 Å². The highest BCUT2D eigenvalue weighted by atomic mass is 32.2. The lowest BCUT2D eigenvalue weighted by molar-refractivity contribution is 0.0731. The summed E-state index contributed by atoms with van der Waals surface area (Å²) in [6, 6.07) is 16.3. The van der Waals surface area contributed by atoms with Gasteiger partial charge in [0.05, 0.1) is 17.5 Å². The van der Waals surface area contributed by atoms with Gasteiger partial charge in [0.2, 0.25) is 16.8 Å². The molecule has 2 N–H and O–H groups in total. The van der Waals surface area contributed by atoms with Gasteiger partial charge in [-0.05, 0) is 42.4 Å². The Morgan fingerprint density at radius 2 is 1.90 bits per heavy atom. The molecule has 5 rings (SSSR count). The molecular weight excluding hydrogens is 412 g/mol. The third kappa shape index (κ3) is 4.02. The molecule has 2 aliphatic rings. The van der Waals surface area contributed by atoms with Crippen LogP contribution in [-0.2, 0) is 31.3 Å². The van der Waals surface area contributed by atoms with Crippen LogP contribution in [0.3, 0.4) is 0 Å². The van der Waals surface area contributed by atoms with Gasteiger partial charge in [-0.1, -0.05) is 42.5 Å². The molecule has 3 aromatic rings. The predicted molar refractivity (Wildman–Crippen MR) is 121 cm³/mol. The van der Waals surface area contributed by atoms with Gasteiger partial charge in [-0.2, -0.15) is 0 Å². The van der Waals surface area contributed by atoms with Gasteiger partial charge in [0.25, 0.3) is 0 Å². The van der Waals surface area contributed by atoms with E-state index in [-0.39, 0.29) is 12.2 Å². The zero-order valence-corrected chi connectivity index (χ0v) is 18.2. The van der Waals surface area contributed by atoms with Gasteiger partial charge in [0.15, 0.2) is 0 Å². The Morgan fingerprint density at radius 3 is 2.58 bits per heavy atom. The van der Waals surface area contributed by atoms with Crippen LogP contribution in [0.2, 0.25) is 0 Å². The lowest BCUT2D eigenvalue weighted by Crippen LogP contribution is -2.32. The molecule has 162 valence electrons. The Bertz CT molecular complexity index is 1230. The van der Waals surface area contributed by atoms with Crippen LogP contribution in [0.15, 0.2) is 66.7 Å². The number of allylic oxidation sites excluding steroid dienone is 1. The van der Waals surface area contributed by atoms with Crippen LogP contribution < -0.4 is 4.72 Å². The summed E-state index contributed by atoms with van der Waals surface area (Å²) in [5.41, 5.74) is 3.66. The summed E-state index contributed by atoms with van der Waals surface area (Å²) in [6.07, 6.45) is 8.88. The molecule has 0 spiro atoms. The second-order valence-corrected chi connectivity index (χ2v) is 10.3. The fourth-order valence-electron chi connectivity index (χ4n) is 4.88. The first-order valence-electron chi connectivity index (χ1n) is 10.5. The first-order chi connectivity index (χ1) is 14.9. The van der Waals surface area contributed by atoms with Gasteiger partial charge in [-0.25, -0.2) is 8.42 Å². The van der Waals surface area contributed by atoms with Crippen LogP contribution in [0.25, 0.3) is 10.9 Å². The summed E-state index contributed by atoms with van der Waals surface area (Å²) in [5, 5.41) is 1.04. The van der Waals surface area contributed by atoms with E-state index in [1.165, 1.54) is 17.4 Å². The molecule has 1 saturated carbocycles. The summed E-state index contributed by atoms with van der Waals surface area (Å²) in [5.74, 6) is 1.38. The maximum atomic E-state index is 11.9. The molecule has 1 aliphatic carbocycles. The molecule has 1 atom stereocenters. The van der Waals surface area contributed by atoms with Crippen molar-refractivity contribution >= 4 is 26.6 Å². The van der Waals surface area contributed by atoms with E-state index in [9.17, 15) is 8.42 Å². The number of fused-ring (bicyclic) bond motifs is 1. The van der Waals surface area contributed by atoms with Crippen LogP contribution in [0.4, 0.5) is 5.69 Å². The maximum Gasteiger partial charge on any atom is 0.229 e. The number of hydrogen-bond acceptors (Lipinski definition) is 4. The molecule has 1 fully saturated rings. The number of para-hydroxylation sites is 1. The van der Waals surface area contributed by atoms with Crippen LogP contribution in [0, 0.1) is 5.92 Å². The van der Waals surface area contributed by atoms with E-state index < -0.39 is 10.0 Å². The van der Waals surface area contributed by atoms with Gasteiger partial charge in [-0.15, -0.1) is 0 Å². The number of hydrogen-bond donors (Lipinski definition) is 2. The standard InChI is InChI=1S/C24H26N2O4S/c1-31(27,28)26-22-9-5-8-20-21(14-25-23(20)22)24(18-10-11-18,13-19-15-29-16-30-19)12-17-6-3-2-4-7-17/h2-9,14-15,18,25-26H,10-13,16H2,1H3. The highest BCUT2D eigenvalue weighted by Crippen LogP contribution is 2.54. The van der Waals surface area contributed by atoms with Gasteiger partial charge in [0.1, 0.15) is 12.0 Å². The first-order valence-corrected chi connectivity index (χ1v) is 12.4. The molecule has 6 nitrogen and oxygen atoms in total. The minimum atomic E-state index is -3.38. The Labute approximate surface area is 182 Å². The number of rotatable bonds is 8. The van der Waals surface area contributed by atoms with Crippen LogP contribution in [0.5, 0.6) is 0 Å². The van der Waals surface area contributed by atoms with E-state index >= 15 is 0 Å². The average Bonchev–Trinajstić information content (AvgIpc) is 3.29. The van der Waals surface area contributed by atoms with Crippen LogP contribution >= 0.6 is 0 Å². The van der Waals surface area contributed by atoms with Gasteiger partial charge < -0.3 is 14.5 Å². The normalized spacial score (nSPS) is 18.2. The number of H-pyrrole nitrogens is 1. The van der Waals surface area contributed by atoms with E-state index in [1.807, 2.05) is 12.1 Å². The Hall–Kier alpha value is -2.93. The zero-order chi connectivity index (χ0) is 21.5. The van der Waals surface area contributed by atoms with Crippen molar-refractivity contribution < 1.29 is 17.9 Å². The highest BCUT2D eigenvalue weighted by Gasteiger charge is 2.48. The Kier molecular flexibility index (Phi) is 4.93. The molecule has 2 heterocycles.